The molecule has 0 spiro atoms. The predicted molar refractivity (Wildman–Crippen MR) is 40.9 cm³/mol. The molecule has 8 heavy (non-hydrogen) atoms. The first-order valence-electron chi connectivity index (χ1n) is 2.95. The molecule has 0 bridgehead atoms. The summed E-state index contributed by atoms with van der Waals surface area (Å²) in [5.74, 6) is 1.19. The van der Waals surface area contributed by atoms with Gasteiger partial charge in [-0.25, -0.2) is 0 Å². The van der Waals surface area contributed by atoms with Crippen molar-refractivity contribution in [3.63, 3.8) is 0 Å². The van der Waals surface area contributed by atoms with Crippen LogP contribution in [0.15, 0.2) is 11.6 Å². The van der Waals surface area contributed by atoms with Crippen LogP contribution in [0.3, 0.4) is 0 Å². The summed E-state index contributed by atoms with van der Waals surface area (Å²) in [4.78, 5) is 0. The van der Waals surface area contributed by atoms with Gasteiger partial charge in [-0.2, -0.15) is 0 Å². The average Bonchev–Trinajstić information content (AvgIpc) is 2.24. The van der Waals surface area contributed by atoms with Gasteiger partial charge in [-0.3, -0.25) is 0 Å². The summed E-state index contributed by atoms with van der Waals surface area (Å²) in [6.45, 7) is 8.81. The second kappa shape index (κ2) is 5.04. The normalized spacial score (nSPS) is 16.5. The SMILES string of the molecule is C=C1NCCS1.CC. The minimum Gasteiger partial charge on any atom is -0.380 e. The van der Waals surface area contributed by atoms with E-state index in [1.807, 2.05) is 13.8 Å². The Bertz CT molecular complexity index is 62.9. The summed E-state index contributed by atoms with van der Waals surface area (Å²) in [6, 6.07) is 0. The fourth-order valence-electron chi connectivity index (χ4n) is 0.416. The average molecular weight is 131 g/mol. The maximum atomic E-state index is 3.71. The molecule has 1 rings (SSSR count). The number of nitrogens with one attached hydrogen (secondary N) is 1. The van der Waals surface area contributed by atoms with E-state index < -0.39 is 0 Å². The van der Waals surface area contributed by atoms with E-state index in [2.05, 4.69) is 11.9 Å². The maximum absolute atomic E-state index is 3.71. The Balaban J connectivity index is 0.000000222. The fraction of sp³-hybridized carbons (Fsp3) is 0.667. The van der Waals surface area contributed by atoms with E-state index in [4.69, 9.17) is 0 Å². The lowest BCUT2D eigenvalue weighted by molar-refractivity contribution is 0.950. The van der Waals surface area contributed by atoms with Crippen LogP contribution in [0.25, 0.3) is 0 Å². The summed E-state index contributed by atoms with van der Waals surface area (Å²) in [6.07, 6.45) is 0. The van der Waals surface area contributed by atoms with Crippen LogP contribution >= 0.6 is 11.8 Å². The lowest BCUT2D eigenvalue weighted by Gasteiger charge is -1.85. The second-order valence-electron chi connectivity index (χ2n) is 1.20. The third kappa shape index (κ3) is 2.97. The summed E-state index contributed by atoms with van der Waals surface area (Å²) in [7, 11) is 0. The van der Waals surface area contributed by atoms with Gasteiger partial charge in [-0.15, -0.1) is 11.8 Å². The summed E-state index contributed by atoms with van der Waals surface area (Å²) in [5, 5.41) is 4.21. The molecule has 1 aliphatic rings. The molecule has 48 valence electrons. The molecular formula is C6H13NS. The largest absolute Gasteiger partial charge is 0.380 e. The Labute approximate surface area is 55.5 Å². The van der Waals surface area contributed by atoms with Gasteiger partial charge >= 0.3 is 0 Å². The summed E-state index contributed by atoms with van der Waals surface area (Å²) < 4.78 is 0. The highest BCUT2D eigenvalue weighted by Crippen LogP contribution is 2.13. The minimum atomic E-state index is 1.10. The van der Waals surface area contributed by atoms with Crippen molar-refractivity contribution in [2.24, 2.45) is 0 Å². The molecule has 0 aromatic rings. The zero-order valence-electron chi connectivity index (χ0n) is 5.53. The molecular weight excluding hydrogens is 118 g/mol. The molecule has 0 atom stereocenters. The molecule has 0 amide bonds. The second-order valence-corrected chi connectivity index (χ2v) is 2.39. The van der Waals surface area contributed by atoms with Crippen LogP contribution < -0.4 is 5.32 Å². The van der Waals surface area contributed by atoms with Crippen molar-refractivity contribution in [1.82, 2.24) is 5.32 Å². The number of hydrogen-bond acceptors (Lipinski definition) is 2. The number of thioether (sulfide) groups is 1. The molecule has 1 saturated heterocycles. The molecule has 1 fully saturated rings. The van der Waals surface area contributed by atoms with Crippen LogP contribution in [0.2, 0.25) is 0 Å². The van der Waals surface area contributed by atoms with Gasteiger partial charge in [0, 0.05) is 12.3 Å². The van der Waals surface area contributed by atoms with Crippen LogP contribution in [0.1, 0.15) is 13.8 Å². The Morgan fingerprint density at radius 1 is 1.62 bits per heavy atom. The Morgan fingerprint density at radius 3 is 2.38 bits per heavy atom. The highest BCUT2D eigenvalue weighted by atomic mass is 32.2. The van der Waals surface area contributed by atoms with E-state index in [0.717, 1.165) is 11.6 Å². The van der Waals surface area contributed by atoms with Gasteiger partial charge in [0.15, 0.2) is 0 Å². The van der Waals surface area contributed by atoms with E-state index in [0.29, 0.717) is 0 Å². The highest BCUT2D eigenvalue weighted by Gasteiger charge is 1.99. The van der Waals surface area contributed by atoms with Crippen molar-refractivity contribution >= 4 is 11.8 Å². The van der Waals surface area contributed by atoms with Crippen molar-refractivity contribution in [2.75, 3.05) is 12.3 Å². The molecule has 1 N–H and O–H groups in total. The van der Waals surface area contributed by atoms with Crippen LogP contribution in [0.4, 0.5) is 0 Å². The maximum Gasteiger partial charge on any atom is 0.0609 e. The third-order valence-electron chi connectivity index (χ3n) is 0.701. The number of rotatable bonds is 0. The van der Waals surface area contributed by atoms with E-state index in [1.54, 1.807) is 11.8 Å². The van der Waals surface area contributed by atoms with Gasteiger partial charge in [0.05, 0.1) is 5.03 Å². The summed E-state index contributed by atoms with van der Waals surface area (Å²) >= 11 is 1.79. The van der Waals surface area contributed by atoms with Gasteiger partial charge in [-0.1, -0.05) is 20.4 Å². The molecule has 0 radical (unpaired) electrons. The lowest BCUT2D eigenvalue weighted by atomic mass is 10.7. The molecule has 2 heteroatoms. The van der Waals surface area contributed by atoms with E-state index in [-0.39, 0.29) is 0 Å². The van der Waals surface area contributed by atoms with Crippen LogP contribution in [0.5, 0.6) is 0 Å². The molecule has 0 saturated carbocycles. The fourth-order valence-corrected chi connectivity index (χ4v) is 1.07. The topological polar surface area (TPSA) is 12.0 Å². The van der Waals surface area contributed by atoms with Crippen LogP contribution in [-0.4, -0.2) is 12.3 Å². The molecule has 1 heterocycles. The Hall–Kier alpha value is -0.110. The van der Waals surface area contributed by atoms with Crippen LogP contribution in [-0.2, 0) is 0 Å². The first-order valence-corrected chi connectivity index (χ1v) is 3.94. The van der Waals surface area contributed by atoms with Crippen molar-refractivity contribution in [1.29, 1.82) is 0 Å². The molecule has 0 aromatic carbocycles. The minimum absolute atomic E-state index is 1.10. The molecule has 0 aliphatic carbocycles. The Morgan fingerprint density at radius 2 is 2.25 bits per heavy atom. The smallest absolute Gasteiger partial charge is 0.0609 e. The van der Waals surface area contributed by atoms with Gasteiger partial charge < -0.3 is 5.32 Å². The quantitative estimate of drug-likeness (QED) is 0.538. The standard InChI is InChI=1S/C4H7NS.C2H6/c1-4-5-2-3-6-4;1-2/h5H,1-3H2;1-2H3. The van der Waals surface area contributed by atoms with E-state index in [1.165, 1.54) is 5.75 Å². The lowest BCUT2D eigenvalue weighted by Crippen LogP contribution is -2.02. The predicted octanol–water partition coefficient (Wildman–Crippen LogP) is 1.82. The zero-order chi connectivity index (χ0) is 6.41. The van der Waals surface area contributed by atoms with Crippen molar-refractivity contribution in [2.45, 2.75) is 13.8 Å². The highest BCUT2D eigenvalue weighted by molar-refractivity contribution is 8.03. The first-order chi connectivity index (χ1) is 3.89. The van der Waals surface area contributed by atoms with Gasteiger partial charge in [-0.05, 0) is 0 Å². The Kier molecular flexibility index (Phi) is 4.97. The van der Waals surface area contributed by atoms with Gasteiger partial charge in [0.1, 0.15) is 0 Å². The zero-order valence-corrected chi connectivity index (χ0v) is 6.35. The monoisotopic (exact) mass is 131 g/mol. The van der Waals surface area contributed by atoms with Gasteiger partial charge in [0.2, 0.25) is 0 Å². The molecule has 0 aromatic heterocycles. The van der Waals surface area contributed by atoms with Gasteiger partial charge in [0.25, 0.3) is 0 Å². The van der Waals surface area contributed by atoms with Crippen molar-refractivity contribution in [3.05, 3.63) is 11.6 Å². The van der Waals surface area contributed by atoms with E-state index in [9.17, 15) is 0 Å². The molecule has 1 aliphatic heterocycles. The van der Waals surface area contributed by atoms with Crippen LogP contribution in [0, 0.1) is 0 Å². The number of hydrogen-bond donors (Lipinski definition) is 1. The molecule has 0 unspecified atom stereocenters. The summed E-state index contributed by atoms with van der Waals surface area (Å²) in [5.41, 5.74) is 0. The molecule has 1 nitrogen and oxygen atoms in total. The van der Waals surface area contributed by atoms with Crippen molar-refractivity contribution in [3.8, 4) is 0 Å². The third-order valence-corrected chi connectivity index (χ3v) is 1.60. The van der Waals surface area contributed by atoms with Crippen molar-refractivity contribution < 1.29 is 0 Å². The van der Waals surface area contributed by atoms with E-state index >= 15 is 0 Å². The first kappa shape index (κ1) is 7.89.